The molecule has 1 aliphatic rings. The lowest BCUT2D eigenvalue weighted by Gasteiger charge is -2.23. The van der Waals surface area contributed by atoms with Crippen LogP contribution in [0.5, 0.6) is 0 Å². The molecular formula is C18H23NO. The molecule has 1 saturated heterocycles. The van der Waals surface area contributed by atoms with Crippen molar-refractivity contribution in [3.05, 3.63) is 48.0 Å². The van der Waals surface area contributed by atoms with Crippen LogP contribution in [0.4, 0.5) is 0 Å². The Bertz CT molecular complexity index is 555. The van der Waals surface area contributed by atoms with E-state index < -0.39 is 0 Å². The Morgan fingerprint density at radius 2 is 2.05 bits per heavy atom. The lowest BCUT2D eigenvalue weighted by molar-refractivity contribution is 0.0949. The SMILES string of the molecule is CCNC(CC1CCCO1)c1cccc2ccccc12. The van der Waals surface area contributed by atoms with Crippen molar-refractivity contribution in [3.63, 3.8) is 0 Å². The first-order chi connectivity index (χ1) is 9.88. The molecule has 2 atom stereocenters. The minimum absolute atomic E-state index is 0.384. The Balaban J connectivity index is 1.91. The van der Waals surface area contributed by atoms with E-state index in [9.17, 15) is 0 Å². The molecule has 0 spiro atoms. The molecule has 0 saturated carbocycles. The number of hydrogen-bond acceptors (Lipinski definition) is 2. The maximum atomic E-state index is 5.82. The highest BCUT2D eigenvalue weighted by Crippen LogP contribution is 2.30. The molecule has 3 rings (SSSR count). The van der Waals surface area contributed by atoms with Gasteiger partial charge in [-0.3, -0.25) is 0 Å². The summed E-state index contributed by atoms with van der Waals surface area (Å²) in [6.45, 7) is 4.09. The molecule has 2 unspecified atom stereocenters. The van der Waals surface area contributed by atoms with Gasteiger partial charge >= 0.3 is 0 Å². The van der Waals surface area contributed by atoms with Crippen molar-refractivity contribution in [2.45, 2.75) is 38.3 Å². The zero-order valence-corrected chi connectivity index (χ0v) is 12.1. The fourth-order valence-corrected chi connectivity index (χ4v) is 3.21. The number of nitrogens with one attached hydrogen (secondary N) is 1. The molecule has 106 valence electrons. The Morgan fingerprint density at radius 3 is 2.85 bits per heavy atom. The smallest absolute Gasteiger partial charge is 0.0594 e. The van der Waals surface area contributed by atoms with Crippen LogP contribution in [0.2, 0.25) is 0 Å². The molecule has 0 amide bonds. The molecule has 2 aromatic carbocycles. The van der Waals surface area contributed by atoms with Crippen LogP contribution in [0, 0.1) is 0 Å². The summed E-state index contributed by atoms with van der Waals surface area (Å²) in [4.78, 5) is 0. The van der Waals surface area contributed by atoms with E-state index in [1.54, 1.807) is 0 Å². The third-order valence-corrected chi connectivity index (χ3v) is 4.17. The van der Waals surface area contributed by atoms with Crippen molar-refractivity contribution in [1.82, 2.24) is 5.32 Å². The predicted molar refractivity (Wildman–Crippen MR) is 84.0 cm³/mol. The summed E-state index contributed by atoms with van der Waals surface area (Å²) in [6.07, 6.45) is 3.89. The maximum absolute atomic E-state index is 5.82. The second-order valence-corrected chi connectivity index (χ2v) is 5.55. The Labute approximate surface area is 121 Å². The van der Waals surface area contributed by atoms with E-state index in [-0.39, 0.29) is 0 Å². The molecule has 2 heteroatoms. The normalized spacial score (nSPS) is 20.4. The summed E-state index contributed by atoms with van der Waals surface area (Å²) >= 11 is 0. The van der Waals surface area contributed by atoms with Crippen molar-refractivity contribution >= 4 is 10.8 Å². The lowest BCUT2D eigenvalue weighted by atomic mass is 9.94. The van der Waals surface area contributed by atoms with Crippen molar-refractivity contribution in [2.75, 3.05) is 13.2 Å². The van der Waals surface area contributed by atoms with E-state index in [0.717, 1.165) is 19.6 Å². The van der Waals surface area contributed by atoms with Crippen molar-refractivity contribution in [2.24, 2.45) is 0 Å². The predicted octanol–water partition coefficient (Wildman–Crippen LogP) is 4.06. The van der Waals surface area contributed by atoms with Crippen molar-refractivity contribution in [1.29, 1.82) is 0 Å². The van der Waals surface area contributed by atoms with Gasteiger partial charge in [-0.2, -0.15) is 0 Å². The second-order valence-electron chi connectivity index (χ2n) is 5.55. The Hall–Kier alpha value is -1.38. The lowest BCUT2D eigenvalue weighted by Crippen LogP contribution is -2.25. The third-order valence-electron chi connectivity index (χ3n) is 4.17. The van der Waals surface area contributed by atoms with Crippen LogP contribution in [0.3, 0.4) is 0 Å². The number of rotatable bonds is 5. The van der Waals surface area contributed by atoms with Crippen LogP contribution in [-0.2, 0) is 4.74 Å². The van der Waals surface area contributed by atoms with Crippen LogP contribution < -0.4 is 5.32 Å². The van der Waals surface area contributed by atoms with E-state index in [0.29, 0.717) is 12.1 Å². The molecule has 1 aliphatic heterocycles. The van der Waals surface area contributed by atoms with Gasteiger partial charge in [0.25, 0.3) is 0 Å². The van der Waals surface area contributed by atoms with Crippen LogP contribution in [0.15, 0.2) is 42.5 Å². The van der Waals surface area contributed by atoms with Gasteiger partial charge in [-0.15, -0.1) is 0 Å². The van der Waals surface area contributed by atoms with Gasteiger partial charge in [-0.05, 0) is 42.1 Å². The summed E-state index contributed by atoms with van der Waals surface area (Å²) in [6, 6.07) is 15.6. The highest BCUT2D eigenvalue weighted by Gasteiger charge is 2.22. The molecule has 0 aromatic heterocycles. The monoisotopic (exact) mass is 269 g/mol. The topological polar surface area (TPSA) is 21.3 Å². The van der Waals surface area contributed by atoms with Gasteiger partial charge < -0.3 is 10.1 Å². The largest absolute Gasteiger partial charge is 0.378 e. The Morgan fingerprint density at radius 1 is 1.20 bits per heavy atom. The van der Waals surface area contributed by atoms with Crippen LogP contribution in [0.1, 0.15) is 37.8 Å². The molecule has 2 aromatic rings. The maximum Gasteiger partial charge on any atom is 0.0594 e. The van der Waals surface area contributed by atoms with E-state index in [1.807, 2.05) is 0 Å². The summed E-state index contributed by atoms with van der Waals surface area (Å²) < 4.78 is 5.82. The quantitative estimate of drug-likeness (QED) is 0.884. The van der Waals surface area contributed by atoms with Gasteiger partial charge in [-0.25, -0.2) is 0 Å². The van der Waals surface area contributed by atoms with Crippen molar-refractivity contribution in [3.8, 4) is 0 Å². The van der Waals surface area contributed by atoms with Gasteiger partial charge in [0.05, 0.1) is 6.10 Å². The minimum Gasteiger partial charge on any atom is -0.378 e. The second kappa shape index (κ2) is 6.38. The molecule has 0 aliphatic carbocycles. The molecule has 2 nitrogen and oxygen atoms in total. The number of fused-ring (bicyclic) bond motifs is 1. The van der Waals surface area contributed by atoms with E-state index >= 15 is 0 Å². The van der Waals surface area contributed by atoms with Gasteiger partial charge in [0.15, 0.2) is 0 Å². The first kappa shape index (κ1) is 13.6. The summed E-state index contributed by atoms with van der Waals surface area (Å²) in [5.41, 5.74) is 1.40. The molecule has 0 radical (unpaired) electrons. The third kappa shape index (κ3) is 2.87. The fraction of sp³-hybridized carbons (Fsp3) is 0.444. The average molecular weight is 269 g/mol. The van der Waals surface area contributed by atoms with Gasteiger partial charge in [-0.1, -0.05) is 49.4 Å². The minimum atomic E-state index is 0.384. The average Bonchev–Trinajstić information content (AvgIpc) is 2.99. The fourth-order valence-electron chi connectivity index (χ4n) is 3.21. The number of hydrogen-bond donors (Lipinski definition) is 1. The zero-order chi connectivity index (χ0) is 13.8. The van der Waals surface area contributed by atoms with Crippen molar-refractivity contribution < 1.29 is 4.74 Å². The van der Waals surface area contributed by atoms with E-state index in [4.69, 9.17) is 4.74 Å². The van der Waals surface area contributed by atoms with E-state index in [1.165, 1.54) is 29.2 Å². The standard InChI is InChI=1S/C18H23NO/c1-2-19-18(13-15-9-6-12-20-15)17-11-5-8-14-7-3-4-10-16(14)17/h3-5,7-8,10-11,15,18-19H,2,6,9,12-13H2,1H3. The molecular weight excluding hydrogens is 246 g/mol. The molecule has 1 heterocycles. The molecule has 1 fully saturated rings. The molecule has 20 heavy (non-hydrogen) atoms. The highest BCUT2D eigenvalue weighted by molar-refractivity contribution is 5.86. The van der Waals surface area contributed by atoms with Crippen LogP contribution in [0.25, 0.3) is 10.8 Å². The number of benzene rings is 2. The summed E-state index contributed by atoms with van der Waals surface area (Å²) in [5.74, 6) is 0. The first-order valence-electron chi connectivity index (χ1n) is 7.71. The summed E-state index contributed by atoms with van der Waals surface area (Å²) in [5, 5.41) is 6.32. The highest BCUT2D eigenvalue weighted by atomic mass is 16.5. The summed E-state index contributed by atoms with van der Waals surface area (Å²) in [7, 11) is 0. The zero-order valence-electron chi connectivity index (χ0n) is 12.1. The molecule has 1 N–H and O–H groups in total. The van der Waals surface area contributed by atoms with Gasteiger partial charge in [0.1, 0.15) is 0 Å². The van der Waals surface area contributed by atoms with E-state index in [2.05, 4.69) is 54.7 Å². The Kier molecular flexibility index (Phi) is 4.34. The van der Waals surface area contributed by atoms with Gasteiger partial charge in [0.2, 0.25) is 0 Å². The first-order valence-corrected chi connectivity index (χ1v) is 7.71. The van der Waals surface area contributed by atoms with Gasteiger partial charge in [0, 0.05) is 12.6 Å². The number of ether oxygens (including phenoxy) is 1. The van der Waals surface area contributed by atoms with Crippen LogP contribution in [-0.4, -0.2) is 19.3 Å². The molecule has 0 bridgehead atoms. The van der Waals surface area contributed by atoms with Crippen LogP contribution >= 0.6 is 0 Å².